The number of carbonyl (C=O) groups excluding carboxylic acids is 1. The van der Waals surface area contributed by atoms with Gasteiger partial charge < -0.3 is 15.2 Å². The van der Waals surface area contributed by atoms with Crippen molar-refractivity contribution in [1.29, 1.82) is 0 Å². The lowest BCUT2D eigenvalue weighted by Gasteiger charge is -2.17. The summed E-state index contributed by atoms with van der Waals surface area (Å²) in [5, 5.41) is 2.94. The molecule has 0 fully saturated rings. The molecule has 2 N–H and O–H groups in total. The Morgan fingerprint density at radius 3 is 2.90 bits per heavy atom. The maximum Gasteiger partial charge on any atom is 0.267 e. The van der Waals surface area contributed by atoms with Gasteiger partial charge in [-0.05, 0) is 44.3 Å². The number of H-pyrrole nitrogens is 1. The summed E-state index contributed by atoms with van der Waals surface area (Å²) in [6.45, 7) is 8.12. The smallest absolute Gasteiger partial charge is 0.267 e. The van der Waals surface area contributed by atoms with E-state index in [4.69, 9.17) is 0 Å². The van der Waals surface area contributed by atoms with E-state index in [1.165, 1.54) is 0 Å². The molecule has 2 aromatic rings. The minimum atomic E-state index is -0.0671. The Labute approximate surface area is 119 Å². The molecule has 0 saturated carbocycles. The Kier molecular flexibility index (Phi) is 5.12. The highest BCUT2D eigenvalue weighted by Crippen LogP contribution is 2.11. The number of hydrogen-bond donors (Lipinski definition) is 2. The Balaban J connectivity index is 1.83. The zero-order valence-electron chi connectivity index (χ0n) is 12.1. The van der Waals surface area contributed by atoms with Crippen LogP contribution in [0, 0.1) is 0 Å². The lowest BCUT2D eigenvalue weighted by atomic mass is 10.3. The molecule has 0 aliphatic carbocycles. The van der Waals surface area contributed by atoms with Gasteiger partial charge in [0.15, 0.2) is 0 Å². The van der Waals surface area contributed by atoms with Gasteiger partial charge in [-0.25, -0.2) is 0 Å². The summed E-state index contributed by atoms with van der Waals surface area (Å²) >= 11 is 0. The highest BCUT2D eigenvalue weighted by atomic mass is 16.1. The van der Waals surface area contributed by atoms with Gasteiger partial charge in [0.25, 0.3) is 5.91 Å². The first-order chi connectivity index (χ1) is 9.74. The fraction of sp³-hybridized carbons (Fsp3) is 0.467. The molecular weight excluding hydrogens is 252 g/mol. The molecule has 0 bridgehead atoms. The Morgan fingerprint density at radius 1 is 1.40 bits per heavy atom. The average Bonchev–Trinajstić information content (AvgIpc) is 2.91. The normalized spacial score (nSPS) is 11.2. The molecule has 5 heteroatoms. The van der Waals surface area contributed by atoms with Crippen molar-refractivity contribution < 1.29 is 4.79 Å². The van der Waals surface area contributed by atoms with Gasteiger partial charge in [-0.1, -0.05) is 13.8 Å². The third-order valence-electron chi connectivity index (χ3n) is 3.46. The van der Waals surface area contributed by atoms with Crippen LogP contribution < -0.4 is 5.32 Å². The van der Waals surface area contributed by atoms with Gasteiger partial charge in [-0.2, -0.15) is 0 Å². The standard InChI is InChI=1S/C15H22N4O/c1-3-19(4-2)10-6-9-17-15(20)14-11-13-12(18-14)7-5-8-16-13/h5,7-8,11,18H,3-4,6,9-10H2,1-2H3,(H,17,20). The summed E-state index contributed by atoms with van der Waals surface area (Å²) in [5.74, 6) is -0.0671. The second-order valence-corrected chi connectivity index (χ2v) is 4.76. The number of pyridine rings is 1. The first-order valence-electron chi connectivity index (χ1n) is 7.19. The minimum absolute atomic E-state index is 0.0671. The molecule has 0 spiro atoms. The van der Waals surface area contributed by atoms with Crippen molar-refractivity contribution in [3.05, 3.63) is 30.1 Å². The monoisotopic (exact) mass is 274 g/mol. The Bertz CT molecular complexity index is 527. The van der Waals surface area contributed by atoms with Crippen LogP contribution in [0.1, 0.15) is 30.8 Å². The highest BCUT2D eigenvalue weighted by Gasteiger charge is 2.09. The van der Waals surface area contributed by atoms with E-state index in [2.05, 4.69) is 34.0 Å². The van der Waals surface area contributed by atoms with Crippen molar-refractivity contribution in [3.63, 3.8) is 0 Å². The van der Waals surface area contributed by atoms with Crippen molar-refractivity contribution >= 4 is 16.9 Å². The van der Waals surface area contributed by atoms with E-state index in [1.54, 1.807) is 12.3 Å². The molecule has 2 rings (SSSR count). The molecule has 108 valence electrons. The Hall–Kier alpha value is -1.88. The second-order valence-electron chi connectivity index (χ2n) is 4.76. The van der Waals surface area contributed by atoms with Gasteiger partial charge in [0.2, 0.25) is 0 Å². The zero-order valence-corrected chi connectivity index (χ0v) is 12.1. The number of fused-ring (bicyclic) bond motifs is 1. The van der Waals surface area contributed by atoms with Crippen molar-refractivity contribution in [2.45, 2.75) is 20.3 Å². The Morgan fingerprint density at radius 2 is 2.20 bits per heavy atom. The summed E-state index contributed by atoms with van der Waals surface area (Å²) in [7, 11) is 0. The van der Waals surface area contributed by atoms with E-state index in [0.717, 1.165) is 37.1 Å². The number of aromatic amines is 1. The predicted octanol–water partition coefficient (Wildman–Crippen LogP) is 2.02. The number of amides is 1. The van der Waals surface area contributed by atoms with E-state index >= 15 is 0 Å². The second kappa shape index (κ2) is 7.05. The molecule has 2 aromatic heterocycles. The van der Waals surface area contributed by atoms with Crippen LogP contribution in [-0.2, 0) is 0 Å². The lowest BCUT2D eigenvalue weighted by molar-refractivity contribution is 0.0947. The summed E-state index contributed by atoms with van der Waals surface area (Å²) < 4.78 is 0. The fourth-order valence-corrected chi connectivity index (χ4v) is 2.22. The quantitative estimate of drug-likeness (QED) is 0.759. The lowest BCUT2D eigenvalue weighted by Crippen LogP contribution is -2.30. The molecule has 0 atom stereocenters. The number of aromatic nitrogens is 2. The van der Waals surface area contributed by atoms with Crippen LogP contribution in [-0.4, -0.2) is 47.0 Å². The molecule has 0 saturated heterocycles. The van der Waals surface area contributed by atoms with Crippen LogP contribution in [0.25, 0.3) is 11.0 Å². The van der Waals surface area contributed by atoms with Crippen LogP contribution in [0.2, 0.25) is 0 Å². The first-order valence-corrected chi connectivity index (χ1v) is 7.19. The van der Waals surface area contributed by atoms with E-state index < -0.39 is 0 Å². The number of nitrogens with zero attached hydrogens (tertiary/aromatic N) is 2. The third kappa shape index (κ3) is 3.57. The van der Waals surface area contributed by atoms with Crippen molar-refractivity contribution in [1.82, 2.24) is 20.2 Å². The molecule has 0 unspecified atom stereocenters. The van der Waals surface area contributed by atoms with Gasteiger partial charge >= 0.3 is 0 Å². The van der Waals surface area contributed by atoms with Gasteiger partial charge in [-0.3, -0.25) is 9.78 Å². The molecule has 5 nitrogen and oxygen atoms in total. The molecule has 0 aliphatic rings. The predicted molar refractivity (Wildman–Crippen MR) is 80.8 cm³/mol. The summed E-state index contributed by atoms with van der Waals surface area (Å²) in [6, 6.07) is 5.55. The molecule has 0 aliphatic heterocycles. The largest absolute Gasteiger partial charge is 0.351 e. The molecular formula is C15H22N4O. The third-order valence-corrected chi connectivity index (χ3v) is 3.46. The number of hydrogen-bond acceptors (Lipinski definition) is 3. The SMILES string of the molecule is CCN(CC)CCCNC(=O)c1cc2ncccc2[nH]1. The number of rotatable bonds is 7. The van der Waals surface area contributed by atoms with Gasteiger partial charge in [0, 0.05) is 12.7 Å². The van der Waals surface area contributed by atoms with Crippen LogP contribution in [0.3, 0.4) is 0 Å². The molecule has 20 heavy (non-hydrogen) atoms. The van der Waals surface area contributed by atoms with E-state index in [1.807, 2.05) is 12.1 Å². The van der Waals surface area contributed by atoms with Gasteiger partial charge in [-0.15, -0.1) is 0 Å². The van der Waals surface area contributed by atoms with Crippen molar-refractivity contribution in [3.8, 4) is 0 Å². The van der Waals surface area contributed by atoms with E-state index in [-0.39, 0.29) is 5.91 Å². The van der Waals surface area contributed by atoms with E-state index in [0.29, 0.717) is 12.2 Å². The van der Waals surface area contributed by atoms with Crippen LogP contribution >= 0.6 is 0 Å². The molecule has 0 radical (unpaired) electrons. The molecule has 0 aromatic carbocycles. The van der Waals surface area contributed by atoms with Crippen LogP contribution in [0.15, 0.2) is 24.4 Å². The molecule has 1 amide bonds. The molecule has 2 heterocycles. The zero-order chi connectivity index (χ0) is 14.4. The minimum Gasteiger partial charge on any atom is -0.351 e. The first kappa shape index (κ1) is 14.5. The summed E-state index contributed by atoms with van der Waals surface area (Å²) in [6.07, 6.45) is 2.69. The van der Waals surface area contributed by atoms with Gasteiger partial charge in [0.1, 0.15) is 5.69 Å². The van der Waals surface area contributed by atoms with Crippen LogP contribution in [0.5, 0.6) is 0 Å². The maximum absolute atomic E-state index is 12.0. The summed E-state index contributed by atoms with van der Waals surface area (Å²) in [4.78, 5) is 21.7. The van der Waals surface area contributed by atoms with Crippen molar-refractivity contribution in [2.24, 2.45) is 0 Å². The maximum atomic E-state index is 12.0. The number of carbonyl (C=O) groups is 1. The average molecular weight is 274 g/mol. The summed E-state index contributed by atoms with van der Waals surface area (Å²) in [5.41, 5.74) is 2.28. The number of nitrogens with one attached hydrogen (secondary N) is 2. The van der Waals surface area contributed by atoms with Crippen LogP contribution in [0.4, 0.5) is 0 Å². The van der Waals surface area contributed by atoms with E-state index in [9.17, 15) is 4.79 Å². The van der Waals surface area contributed by atoms with Crippen molar-refractivity contribution in [2.75, 3.05) is 26.2 Å². The topological polar surface area (TPSA) is 61.0 Å². The van der Waals surface area contributed by atoms with Gasteiger partial charge in [0.05, 0.1) is 11.0 Å². The fourth-order valence-electron chi connectivity index (χ4n) is 2.22. The highest BCUT2D eigenvalue weighted by molar-refractivity contribution is 5.96.